The second-order valence-corrected chi connectivity index (χ2v) is 20.5. The fraction of sp³-hybridized carbons (Fsp3) is 0.317. The predicted molar refractivity (Wildman–Crippen MR) is 303 cm³/mol. The van der Waals surface area contributed by atoms with Crippen LogP contribution in [0.15, 0.2) is 98.1 Å². The molecule has 24 heteroatoms. The number of hydrogen-bond donors (Lipinski definition) is 1. The molecule has 6 saturated heterocycles. The number of halogens is 3. The Kier molecular flexibility index (Phi) is 19.2. The summed E-state index contributed by atoms with van der Waals surface area (Å²) in [4.78, 5) is 38.4. The van der Waals surface area contributed by atoms with Gasteiger partial charge in [0, 0.05) is 110 Å². The minimum absolute atomic E-state index is 0. The zero-order chi connectivity index (χ0) is 57.8. The van der Waals surface area contributed by atoms with Crippen molar-refractivity contribution in [1.82, 2.24) is 49.0 Å². The number of methoxy groups -OCH3 is 2. The molecule has 424 valence electrons. The topological polar surface area (TPSA) is 221 Å². The normalized spacial score (nSPS) is 18.2. The number of piperidine rings is 2. The van der Waals surface area contributed by atoms with Crippen LogP contribution >= 0.6 is 0 Å². The molecule has 0 aliphatic carbocycles. The Hall–Kier alpha value is -8.65. The zero-order valence-electron chi connectivity index (χ0n) is 46.4. The van der Waals surface area contributed by atoms with E-state index in [0.29, 0.717) is 70.9 Å². The molecular formula is C60H55ClF2MgN14O6. The van der Waals surface area contributed by atoms with E-state index in [4.69, 9.17) is 41.8 Å². The van der Waals surface area contributed by atoms with Crippen molar-refractivity contribution in [1.29, 1.82) is 10.5 Å². The van der Waals surface area contributed by atoms with Gasteiger partial charge in [-0.1, -0.05) is 5.92 Å². The van der Waals surface area contributed by atoms with E-state index in [2.05, 4.69) is 64.2 Å². The second-order valence-electron chi connectivity index (χ2n) is 20.5. The Bertz CT molecular complexity index is 3820. The van der Waals surface area contributed by atoms with Gasteiger partial charge in [-0.2, -0.15) is 20.7 Å². The van der Waals surface area contributed by atoms with Crippen LogP contribution in [0.25, 0.3) is 33.3 Å². The van der Waals surface area contributed by atoms with Gasteiger partial charge in [-0.25, -0.2) is 37.7 Å². The van der Waals surface area contributed by atoms with Crippen molar-refractivity contribution in [3.63, 3.8) is 0 Å². The number of pyridine rings is 6. The molecular weight excluding hydrogens is 1110 g/mol. The summed E-state index contributed by atoms with van der Waals surface area (Å²) in [7, 11) is 2.81. The number of nitriles is 2. The smallest absolute Gasteiger partial charge is 1.00 e. The van der Waals surface area contributed by atoms with Crippen LogP contribution in [0.1, 0.15) is 48.9 Å². The number of aliphatic hydroxyl groups is 1. The van der Waals surface area contributed by atoms with Crippen molar-refractivity contribution >= 4 is 51.5 Å². The number of rotatable bonds is 16. The van der Waals surface area contributed by atoms with E-state index in [9.17, 15) is 29.2 Å². The number of ether oxygens (including phenoxy) is 4. The van der Waals surface area contributed by atoms with Gasteiger partial charge in [0.15, 0.2) is 23.0 Å². The minimum Gasteiger partial charge on any atom is -1.00 e. The van der Waals surface area contributed by atoms with Crippen LogP contribution in [0.4, 0.5) is 20.4 Å². The first-order valence-corrected chi connectivity index (χ1v) is 26.1. The first-order chi connectivity index (χ1) is 39.7. The molecule has 84 heavy (non-hydrogen) atoms. The number of carbonyl (C=O) groups is 1. The molecule has 0 aromatic carbocycles. The van der Waals surface area contributed by atoms with Crippen LogP contribution in [0.5, 0.6) is 23.3 Å². The van der Waals surface area contributed by atoms with Crippen LogP contribution in [0.2, 0.25) is 0 Å². The third kappa shape index (κ3) is 12.8. The summed E-state index contributed by atoms with van der Waals surface area (Å²) >= 11 is 0. The summed E-state index contributed by atoms with van der Waals surface area (Å²) in [6.45, 7) is 7.39. The molecule has 0 radical (unpaired) electrons. The summed E-state index contributed by atoms with van der Waals surface area (Å²) in [5.41, 5.74) is 5.47. The Balaban J connectivity index is 0.000000208. The third-order valence-electron chi connectivity index (χ3n) is 15.0. The maximum atomic E-state index is 14.1. The third-order valence-corrected chi connectivity index (χ3v) is 15.0. The van der Waals surface area contributed by atoms with Gasteiger partial charge in [-0.05, 0) is 86.3 Å². The molecule has 8 aromatic heterocycles. The molecule has 14 heterocycles. The Morgan fingerprint density at radius 2 is 1.13 bits per heavy atom. The van der Waals surface area contributed by atoms with E-state index >= 15 is 0 Å². The van der Waals surface area contributed by atoms with Crippen molar-refractivity contribution in [2.45, 2.75) is 69.5 Å². The van der Waals surface area contributed by atoms with E-state index in [-0.39, 0.29) is 66.2 Å². The largest absolute Gasteiger partial charge is 2.00 e. The van der Waals surface area contributed by atoms with Crippen molar-refractivity contribution < 1.29 is 50.0 Å². The number of anilines is 2. The summed E-state index contributed by atoms with van der Waals surface area (Å²) in [6.07, 6.45) is 29.8. The summed E-state index contributed by atoms with van der Waals surface area (Å²) in [6, 6.07) is 20.3. The number of nitrogens with zero attached hydrogens (tertiary/aromatic N) is 14. The number of ketones is 1. The number of piperazine rings is 2. The second kappa shape index (κ2) is 26.3. The molecule has 14 rings (SSSR count). The SMILES string of the molecule is C#CC(C)(O)COc1cc(-c2ccc(N3CC4CC(C3)N4Cc3cnc(OC)c(F)c3)nc2)c2c(C#N)cnn2c1.COc1ncc(CN2C3CC2CN(c2ccc(-c4cc(OCC(C)=O)cn5ncc(C#N)c45)cn2)C3)cc1F.[C-]#C.[Cl-].[Mg+2]. The summed E-state index contributed by atoms with van der Waals surface area (Å²) in [5.74, 6) is 3.99. The predicted octanol–water partition coefficient (Wildman–Crippen LogP) is 3.11. The van der Waals surface area contributed by atoms with Crippen molar-refractivity contribution in [3.05, 3.63) is 138 Å². The molecule has 6 aliphatic rings. The van der Waals surface area contributed by atoms with E-state index in [0.717, 1.165) is 84.0 Å². The van der Waals surface area contributed by atoms with E-state index in [1.54, 1.807) is 52.3 Å². The molecule has 4 bridgehead atoms. The van der Waals surface area contributed by atoms with Crippen molar-refractivity contribution in [2.75, 3.05) is 63.4 Å². The van der Waals surface area contributed by atoms with Crippen LogP contribution in [0.3, 0.4) is 0 Å². The molecule has 0 saturated carbocycles. The van der Waals surface area contributed by atoms with Gasteiger partial charge in [-0.3, -0.25) is 14.6 Å². The molecule has 6 fully saturated rings. The van der Waals surface area contributed by atoms with Gasteiger partial charge in [0.25, 0.3) is 0 Å². The van der Waals surface area contributed by atoms with Crippen LogP contribution < -0.4 is 41.2 Å². The number of hydrogen-bond acceptors (Lipinski definition) is 18. The molecule has 5 atom stereocenters. The van der Waals surface area contributed by atoms with Crippen LogP contribution in [-0.2, 0) is 17.9 Å². The fourth-order valence-electron chi connectivity index (χ4n) is 11.0. The fourth-order valence-corrected chi connectivity index (χ4v) is 11.0. The Morgan fingerprint density at radius 1 is 0.702 bits per heavy atom. The quantitative estimate of drug-likeness (QED) is 0.0835. The van der Waals surface area contributed by atoms with Crippen LogP contribution in [-0.4, -0.2) is 166 Å². The molecule has 6 aliphatic heterocycles. The van der Waals surface area contributed by atoms with Crippen molar-refractivity contribution in [3.8, 4) is 76.4 Å². The molecule has 1 N–H and O–H groups in total. The maximum Gasteiger partial charge on any atom is 2.00 e. The average Bonchev–Trinajstić information content (AvgIpc) is 3.09. The van der Waals surface area contributed by atoms with Gasteiger partial charge in [-0.15, -0.1) is 6.42 Å². The zero-order valence-corrected chi connectivity index (χ0v) is 48.5. The maximum absolute atomic E-state index is 14.1. The monoisotopic (exact) mass is 1160 g/mol. The number of terminal acetylenes is 2. The standard InChI is InChI=1S/C30H28FN7O3.C28H26FN7O3.C2H.ClH.Mg/c1-4-30(2,39)18-41-24-9-25(28-21(10-32)13-35-38(28)17-24)20-5-6-27(33-12-20)36-15-22-8-23(16-36)37(22)14-19-7-26(31)29(40-3)34-11-19;1-17(37)16-39-23-7-24(27-20(8-30)11-33-36(27)15-23)19-3-4-26(31-10-19)34-13-21-6-22(14-34)35(21)12-18-5-25(29)28(38-2)32-9-18;1-2;;/h1,5-7,9,11-13,17,22-23,39H,8,14-16,18H2,2-3H3;3-5,7,9-11,15,21-22H,6,12-14,16H2,1-2H3;1H;1H;/q;;-1;;+2/p-1. The Morgan fingerprint density at radius 3 is 1.49 bits per heavy atom. The molecule has 0 spiro atoms. The first kappa shape index (κ1) is 61.4. The average molecular weight is 1170 g/mol. The Labute approximate surface area is 506 Å². The van der Waals surface area contributed by atoms with E-state index < -0.39 is 17.2 Å². The summed E-state index contributed by atoms with van der Waals surface area (Å²) < 4.78 is 52.6. The van der Waals surface area contributed by atoms with E-state index in [1.165, 1.54) is 52.6 Å². The number of Topliss-reactive ketones (excluding diaryl/α,β-unsaturated/α-hetero) is 1. The van der Waals surface area contributed by atoms with Gasteiger partial charge in [0.2, 0.25) is 11.8 Å². The van der Waals surface area contributed by atoms with E-state index in [1.807, 2.05) is 30.3 Å². The summed E-state index contributed by atoms with van der Waals surface area (Å²) in [5, 5.41) is 38.0. The number of carbonyl (C=O) groups excluding carboxylic acids is 1. The van der Waals surface area contributed by atoms with Gasteiger partial charge in [0.1, 0.15) is 48.5 Å². The van der Waals surface area contributed by atoms with Gasteiger partial charge >= 0.3 is 23.1 Å². The number of fused-ring (bicyclic) bond motifs is 6. The molecule has 0 amide bonds. The van der Waals surface area contributed by atoms with Crippen molar-refractivity contribution in [2.24, 2.45) is 0 Å². The van der Waals surface area contributed by atoms with Gasteiger partial charge in [0.05, 0.1) is 61.2 Å². The molecule has 8 aromatic rings. The van der Waals surface area contributed by atoms with Crippen LogP contribution in [0, 0.1) is 59.5 Å². The molecule has 20 nitrogen and oxygen atoms in total. The first-order valence-electron chi connectivity index (χ1n) is 26.1. The number of aromatic nitrogens is 8. The molecule has 5 unspecified atom stereocenters. The minimum atomic E-state index is -1.42. The van der Waals surface area contributed by atoms with Gasteiger partial charge < -0.3 is 59.1 Å².